The highest BCUT2D eigenvalue weighted by Gasteiger charge is 2.20. The molecule has 0 radical (unpaired) electrons. The second-order valence-corrected chi connectivity index (χ2v) is 7.76. The Morgan fingerprint density at radius 2 is 1.93 bits per heavy atom. The van der Waals surface area contributed by atoms with E-state index in [1.54, 1.807) is 5.38 Å². The van der Waals surface area contributed by atoms with Crippen LogP contribution in [0.5, 0.6) is 0 Å². The number of hydrazone groups is 1. The van der Waals surface area contributed by atoms with E-state index in [9.17, 15) is 4.79 Å². The zero-order chi connectivity index (χ0) is 18.5. The number of aromatic nitrogens is 1. The lowest BCUT2D eigenvalue weighted by molar-refractivity contribution is 0.0950. The number of anilines is 1. The number of benzene rings is 1. The van der Waals surface area contributed by atoms with Crippen LogP contribution in [0.2, 0.25) is 0 Å². The molecule has 0 unspecified atom stereocenters. The predicted molar refractivity (Wildman–Crippen MR) is 108 cm³/mol. The molecule has 1 amide bonds. The summed E-state index contributed by atoms with van der Waals surface area (Å²) in [5.41, 5.74) is 5.59. The summed E-state index contributed by atoms with van der Waals surface area (Å²) in [6, 6.07) is 10.6. The molecule has 6 nitrogen and oxygen atoms in total. The molecule has 0 spiro atoms. The second kappa shape index (κ2) is 8.63. The summed E-state index contributed by atoms with van der Waals surface area (Å²) in [6.45, 7) is 3.05. The Bertz CT molecular complexity index is 789. The summed E-state index contributed by atoms with van der Waals surface area (Å²) >= 11 is 1.49. The molecule has 7 heteroatoms. The van der Waals surface area contributed by atoms with Crippen molar-refractivity contribution in [2.45, 2.75) is 31.6 Å². The Balaban J connectivity index is 1.30. The van der Waals surface area contributed by atoms with E-state index in [0.29, 0.717) is 24.8 Å². The van der Waals surface area contributed by atoms with Crippen LogP contribution < -0.4 is 10.3 Å². The van der Waals surface area contributed by atoms with Crippen molar-refractivity contribution in [3.8, 4) is 0 Å². The zero-order valence-electron chi connectivity index (χ0n) is 15.3. The number of thiazole rings is 1. The minimum absolute atomic E-state index is 0.233. The standard InChI is InChI=1S/C20H24N4O2S/c25-19(18-14-27-20(21-18)24-10-12-26-13-11-24)23-22-17-8-6-16(7-9-17)15-4-2-1-3-5-15/h1-5,14,16H,6-13H2,(H,23,25). The number of rotatable bonds is 4. The maximum absolute atomic E-state index is 12.4. The Morgan fingerprint density at radius 3 is 2.67 bits per heavy atom. The molecule has 1 saturated heterocycles. The molecule has 27 heavy (non-hydrogen) atoms. The van der Waals surface area contributed by atoms with Crippen LogP contribution in [0.25, 0.3) is 0 Å². The van der Waals surface area contributed by atoms with Crippen LogP contribution in [0.3, 0.4) is 0 Å². The summed E-state index contributed by atoms with van der Waals surface area (Å²) in [4.78, 5) is 19.0. The summed E-state index contributed by atoms with van der Waals surface area (Å²) in [5.74, 6) is 0.360. The molecular formula is C20H24N4O2S. The lowest BCUT2D eigenvalue weighted by Crippen LogP contribution is -2.36. The van der Waals surface area contributed by atoms with Crippen LogP contribution in [0, 0.1) is 0 Å². The molecule has 0 bridgehead atoms. The number of ether oxygens (including phenoxy) is 1. The minimum Gasteiger partial charge on any atom is -0.378 e. The smallest absolute Gasteiger partial charge is 0.290 e. The van der Waals surface area contributed by atoms with Crippen molar-refractivity contribution in [2.75, 3.05) is 31.2 Å². The average molecular weight is 385 g/mol. The Hall–Kier alpha value is -2.25. The number of carbonyl (C=O) groups excluding carboxylic acids is 1. The van der Waals surface area contributed by atoms with E-state index in [4.69, 9.17) is 4.74 Å². The first kappa shape index (κ1) is 18.1. The van der Waals surface area contributed by atoms with Crippen molar-refractivity contribution in [1.29, 1.82) is 0 Å². The number of hydrogen-bond acceptors (Lipinski definition) is 6. The molecule has 2 aromatic rings. The van der Waals surface area contributed by atoms with Gasteiger partial charge in [-0.05, 0) is 37.2 Å². The van der Waals surface area contributed by atoms with Gasteiger partial charge in [0.2, 0.25) is 0 Å². The van der Waals surface area contributed by atoms with Gasteiger partial charge in [-0.25, -0.2) is 10.4 Å². The van der Waals surface area contributed by atoms with Crippen LogP contribution in [0.15, 0.2) is 40.8 Å². The van der Waals surface area contributed by atoms with Crippen molar-refractivity contribution < 1.29 is 9.53 Å². The van der Waals surface area contributed by atoms with Crippen molar-refractivity contribution in [1.82, 2.24) is 10.4 Å². The third-order valence-corrected chi connectivity index (χ3v) is 6.06. The quantitative estimate of drug-likeness (QED) is 0.820. The van der Waals surface area contributed by atoms with Gasteiger partial charge < -0.3 is 9.64 Å². The fourth-order valence-corrected chi connectivity index (χ4v) is 4.44. The molecule has 2 aliphatic rings. The third-order valence-electron chi connectivity index (χ3n) is 5.16. The minimum atomic E-state index is -0.233. The number of hydrogen-bond donors (Lipinski definition) is 1. The molecule has 2 heterocycles. The number of nitrogens with one attached hydrogen (secondary N) is 1. The van der Waals surface area contributed by atoms with Gasteiger partial charge in [0.05, 0.1) is 13.2 Å². The van der Waals surface area contributed by atoms with E-state index in [2.05, 4.69) is 50.7 Å². The number of morpholine rings is 1. The van der Waals surface area contributed by atoms with Crippen molar-refractivity contribution in [3.05, 3.63) is 47.0 Å². The average Bonchev–Trinajstić information content (AvgIpc) is 3.24. The van der Waals surface area contributed by atoms with E-state index in [0.717, 1.165) is 49.6 Å². The van der Waals surface area contributed by atoms with Gasteiger partial charge in [0.25, 0.3) is 5.91 Å². The lowest BCUT2D eigenvalue weighted by Gasteiger charge is -2.25. The first-order valence-corrected chi connectivity index (χ1v) is 10.4. The SMILES string of the molecule is O=C(NN=C1CCC(c2ccccc2)CC1)c1csc(N2CCOCC2)n1. The first-order valence-electron chi connectivity index (χ1n) is 9.48. The van der Waals surface area contributed by atoms with Gasteiger partial charge in [-0.15, -0.1) is 11.3 Å². The first-order chi connectivity index (χ1) is 13.3. The highest BCUT2D eigenvalue weighted by molar-refractivity contribution is 7.13. The molecule has 1 saturated carbocycles. The van der Waals surface area contributed by atoms with Crippen LogP contribution in [-0.2, 0) is 4.74 Å². The van der Waals surface area contributed by atoms with Gasteiger partial charge in [-0.3, -0.25) is 4.79 Å². The van der Waals surface area contributed by atoms with E-state index in [1.165, 1.54) is 16.9 Å². The summed E-state index contributed by atoms with van der Waals surface area (Å²) in [6.07, 6.45) is 4.01. The van der Waals surface area contributed by atoms with Gasteiger partial charge >= 0.3 is 0 Å². The fourth-order valence-electron chi connectivity index (χ4n) is 3.58. The number of nitrogens with zero attached hydrogens (tertiary/aromatic N) is 3. The van der Waals surface area contributed by atoms with Crippen LogP contribution in [0.1, 0.15) is 47.7 Å². The Morgan fingerprint density at radius 1 is 1.19 bits per heavy atom. The van der Waals surface area contributed by atoms with E-state index < -0.39 is 0 Å². The molecular weight excluding hydrogens is 360 g/mol. The fraction of sp³-hybridized carbons (Fsp3) is 0.450. The van der Waals surface area contributed by atoms with Crippen LogP contribution >= 0.6 is 11.3 Å². The van der Waals surface area contributed by atoms with Crippen molar-refractivity contribution >= 4 is 28.1 Å². The van der Waals surface area contributed by atoms with Gasteiger partial charge in [-0.1, -0.05) is 30.3 Å². The predicted octanol–water partition coefficient (Wildman–Crippen LogP) is 3.42. The molecule has 1 aromatic carbocycles. The zero-order valence-corrected chi connectivity index (χ0v) is 16.1. The maximum atomic E-state index is 12.4. The summed E-state index contributed by atoms with van der Waals surface area (Å²) in [7, 11) is 0. The maximum Gasteiger partial charge on any atom is 0.290 e. The molecule has 4 rings (SSSR count). The van der Waals surface area contributed by atoms with E-state index in [-0.39, 0.29) is 5.91 Å². The van der Waals surface area contributed by atoms with E-state index >= 15 is 0 Å². The lowest BCUT2D eigenvalue weighted by atomic mass is 9.83. The largest absolute Gasteiger partial charge is 0.378 e. The Labute approximate surface area is 163 Å². The second-order valence-electron chi connectivity index (χ2n) is 6.92. The van der Waals surface area contributed by atoms with Gasteiger partial charge in [0.15, 0.2) is 5.13 Å². The molecule has 1 N–H and O–H groups in total. The topological polar surface area (TPSA) is 66.8 Å². The molecule has 1 aliphatic carbocycles. The highest BCUT2D eigenvalue weighted by Crippen LogP contribution is 2.31. The van der Waals surface area contributed by atoms with Gasteiger partial charge in [0.1, 0.15) is 5.69 Å². The molecule has 2 fully saturated rings. The van der Waals surface area contributed by atoms with Gasteiger partial charge in [0, 0.05) is 24.2 Å². The number of amides is 1. The molecule has 142 valence electrons. The van der Waals surface area contributed by atoms with Crippen LogP contribution in [0.4, 0.5) is 5.13 Å². The van der Waals surface area contributed by atoms with Crippen LogP contribution in [-0.4, -0.2) is 42.9 Å². The summed E-state index contributed by atoms with van der Waals surface area (Å²) in [5, 5.41) is 7.03. The summed E-state index contributed by atoms with van der Waals surface area (Å²) < 4.78 is 5.36. The normalized spacial score (nSPS) is 20.4. The Kier molecular flexibility index (Phi) is 5.79. The molecule has 1 aliphatic heterocycles. The number of carbonyl (C=O) groups is 1. The van der Waals surface area contributed by atoms with Gasteiger partial charge in [-0.2, -0.15) is 5.10 Å². The van der Waals surface area contributed by atoms with Crippen molar-refractivity contribution in [3.63, 3.8) is 0 Å². The molecule has 0 atom stereocenters. The molecule has 1 aromatic heterocycles. The van der Waals surface area contributed by atoms with Crippen molar-refractivity contribution in [2.24, 2.45) is 5.10 Å². The van der Waals surface area contributed by atoms with E-state index in [1.807, 2.05) is 0 Å². The highest BCUT2D eigenvalue weighted by atomic mass is 32.1. The third kappa shape index (κ3) is 4.54. The monoisotopic (exact) mass is 384 g/mol.